The molecule has 0 radical (unpaired) electrons. The molecule has 3 nitrogen and oxygen atoms in total. The fourth-order valence-electron chi connectivity index (χ4n) is 0.609. The molecule has 0 bridgehead atoms. The summed E-state index contributed by atoms with van der Waals surface area (Å²) in [6.45, 7) is 6.56. The number of hydrogen-bond donors (Lipinski definition) is 1. The van der Waals surface area contributed by atoms with Crippen LogP contribution >= 0.6 is 8.25 Å². The summed E-state index contributed by atoms with van der Waals surface area (Å²) in [6.07, 6.45) is -0.703. The van der Waals surface area contributed by atoms with E-state index < -0.39 is 8.25 Å². The summed E-state index contributed by atoms with van der Waals surface area (Å²) in [4.78, 5) is 8.88. The van der Waals surface area contributed by atoms with Gasteiger partial charge >= 0.3 is 66.3 Å². The Balaban J connectivity index is 3.79. The molecule has 70 valence electrons. The molecule has 0 fully saturated rings. The Labute approximate surface area is 67.2 Å². The molecule has 0 aliphatic heterocycles. The summed E-state index contributed by atoms with van der Waals surface area (Å²) < 4.78 is 22.0. The van der Waals surface area contributed by atoms with Crippen LogP contribution in [-0.4, -0.2) is 17.1 Å². The topological polar surface area (TPSA) is 38.7 Å². The average Bonchev–Trinajstić information content (AvgIpc) is 1.53. The Hall–Kier alpha value is 0.240. The van der Waals surface area contributed by atoms with Gasteiger partial charge in [-0.25, -0.2) is 0 Å². The van der Waals surface area contributed by atoms with Crippen LogP contribution in [0.5, 0.6) is 0 Å². The van der Waals surface area contributed by atoms with Crippen LogP contribution in [0.15, 0.2) is 0 Å². The maximum atomic E-state index is 12.8. The Morgan fingerprint density at radius 3 is 1.55 bits per heavy atom. The van der Waals surface area contributed by atoms with Gasteiger partial charge in [-0.05, 0) is 0 Å². The standard InChI is InChI=1S/C6H16FO3P/c1-5(2)9-11(7,8)10-6(3)4/h5-6,8,11H,1-4H3. The third-order valence-electron chi connectivity index (χ3n) is 0.762. The molecule has 0 spiro atoms. The van der Waals surface area contributed by atoms with Gasteiger partial charge in [0.15, 0.2) is 0 Å². The van der Waals surface area contributed by atoms with E-state index in [0.717, 1.165) is 0 Å². The summed E-state index contributed by atoms with van der Waals surface area (Å²) in [6, 6.07) is 0. The molecule has 0 aromatic carbocycles. The zero-order valence-corrected chi connectivity index (χ0v) is 8.30. The quantitative estimate of drug-likeness (QED) is 0.684. The molecule has 5 heteroatoms. The van der Waals surface area contributed by atoms with Gasteiger partial charge in [-0.1, -0.05) is 0 Å². The fourth-order valence-corrected chi connectivity index (χ4v) is 1.83. The summed E-state index contributed by atoms with van der Waals surface area (Å²) in [5.41, 5.74) is 0. The van der Waals surface area contributed by atoms with E-state index in [1.165, 1.54) is 0 Å². The van der Waals surface area contributed by atoms with Crippen molar-refractivity contribution in [2.75, 3.05) is 0 Å². The van der Waals surface area contributed by atoms with Gasteiger partial charge in [0.1, 0.15) is 0 Å². The molecule has 1 N–H and O–H groups in total. The van der Waals surface area contributed by atoms with Gasteiger partial charge in [-0.3, -0.25) is 0 Å². The van der Waals surface area contributed by atoms with Crippen molar-refractivity contribution in [2.45, 2.75) is 39.9 Å². The predicted molar refractivity (Wildman–Crippen MR) is 44.1 cm³/mol. The minimum atomic E-state index is -4.33. The van der Waals surface area contributed by atoms with Crippen molar-refractivity contribution in [1.29, 1.82) is 0 Å². The zero-order chi connectivity index (χ0) is 9.07. The van der Waals surface area contributed by atoms with Crippen LogP contribution in [0.4, 0.5) is 4.20 Å². The molecule has 0 saturated heterocycles. The summed E-state index contributed by atoms with van der Waals surface area (Å²) in [5.74, 6) is 0. The summed E-state index contributed by atoms with van der Waals surface area (Å²) in [5, 5.41) is 0. The molecular weight excluding hydrogens is 170 g/mol. The van der Waals surface area contributed by atoms with E-state index >= 15 is 0 Å². The molecule has 0 heterocycles. The van der Waals surface area contributed by atoms with Crippen molar-refractivity contribution >= 4 is 8.25 Å². The molecular formula is C6H16FO3P. The number of rotatable bonds is 4. The third kappa shape index (κ3) is 6.63. The molecule has 0 aliphatic carbocycles. The van der Waals surface area contributed by atoms with Crippen molar-refractivity contribution in [3.63, 3.8) is 0 Å². The van der Waals surface area contributed by atoms with Crippen LogP contribution in [0.2, 0.25) is 0 Å². The van der Waals surface area contributed by atoms with Crippen molar-refractivity contribution in [1.82, 2.24) is 0 Å². The molecule has 0 aromatic rings. The van der Waals surface area contributed by atoms with Gasteiger partial charge in [0.25, 0.3) is 0 Å². The molecule has 0 atom stereocenters. The van der Waals surface area contributed by atoms with Crippen LogP contribution in [0.3, 0.4) is 0 Å². The van der Waals surface area contributed by atoms with Gasteiger partial charge < -0.3 is 0 Å². The number of halogens is 1. The van der Waals surface area contributed by atoms with E-state index in [4.69, 9.17) is 4.89 Å². The van der Waals surface area contributed by atoms with E-state index in [1.54, 1.807) is 27.7 Å². The Morgan fingerprint density at radius 2 is 1.36 bits per heavy atom. The van der Waals surface area contributed by atoms with E-state index in [-0.39, 0.29) is 12.2 Å². The van der Waals surface area contributed by atoms with Crippen LogP contribution < -0.4 is 0 Å². The van der Waals surface area contributed by atoms with Gasteiger partial charge in [-0.2, -0.15) is 0 Å². The monoisotopic (exact) mass is 186 g/mol. The second-order valence-electron chi connectivity index (χ2n) is 2.84. The first kappa shape index (κ1) is 11.2. The first-order valence-corrected chi connectivity index (χ1v) is 5.24. The zero-order valence-electron chi connectivity index (χ0n) is 7.30. The van der Waals surface area contributed by atoms with Crippen molar-refractivity contribution in [3.8, 4) is 0 Å². The van der Waals surface area contributed by atoms with Gasteiger partial charge in [-0.15, -0.1) is 0 Å². The molecule has 11 heavy (non-hydrogen) atoms. The molecule has 0 rings (SSSR count). The molecule has 0 aliphatic rings. The first-order valence-electron chi connectivity index (χ1n) is 3.60. The van der Waals surface area contributed by atoms with Crippen molar-refractivity contribution < 1.29 is 18.1 Å². The third-order valence-corrected chi connectivity index (χ3v) is 2.29. The predicted octanol–water partition coefficient (Wildman–Crippen LogP) is 2.21. The molecule has 0 saturated carbocycles. The molecule has 0 unspecified atom stereocenters. The maximum absolute atomic E-state index is 12.8. The Morgan fingerprint density at radius 1 is 1.09 bits per heavy atom. The SMILES string of the molecule is CC(C)O[PH](O)(F)OC(C)C. The van der Waals surface area contributed by atoms with Crippen molar-refractivity contribution in [2.24, 2.45) is 0 Å². The van der Waals surface area contributed by atoms with Crippen molar-refractivity contribution in [3.05, 3.63) is 0 Å². The van der Waals surface area contributed by atoms with Crippen LogP contribution in [-0.2, 0) is 9.05 Å². The van der Waals surface area contributed by atoms with Crippen LogP contribution in [0.1, 0.15) is 27.7 Å². The van der Waals surface area contributed by atoms with Gasteiger partial charge in [0.05, 0.1) is 0 Å². The normalized spacial score (nSPS) is 14.5. The Kier molecular flexibility index (Phi) is 4.41. The summed E-state index contributed by atoms with van der Waals surface area (Å²) in [7, 11) is -4.33. The van der Waals surface area contributed by atoms with Crippen LogP contribution in [0.25, 0.3) is 0 Å². The van der Waals surface area contributed by atoms with E-state index in [2.05, 4.69) is 9.05 Å². The second-order valence-corrected chi connectivity index (χ2v) is 4.32. The first-order chi connectivity index (χ1) is 4.83. The average molecular weight is 186 g/mol. The second kappa shape index (κ2) is 4.31. The van der Waals surface area contributed by atoms with Gasteiger partial charge in [0.2, 0.25) is 0 Å². The van der Waals surface area contributed by atoms with Gasteiger partial charge in [0, 0.05) is 0 Å². The minimum absolute atomic E-state index is 0.351. The summed E-state index contributed by atoms with van der Waals surface area (Å²) >= 11 is 0. The fraction of sp³-hybridized carbons (Fsp3) is 1.00. The van der Waals surface area contributed by atoms with E-state index in [0.29, 0.717) is 0 Å². The van der Waals surface area contributed by atoms with E-state index in [1.807, 2.05) is 0 Å². The van der Waals surface area contributed by atoms with Crippen LogP contribution in [0, 0.1) is 0 Å². The Bertz CT molecular complexity index is 104. The number of hydrogen-bond acceptors (Lipinski definition) is 3. The molecule has 0 aromatic heterocycles. The van der Waals surface area contributed by atoms with E-state index in [9.17, 15) is 4.20 Å². The molecule has 0 amide bonds.